The molecule has 0 aliphatic carbocycles. The highest BCUT2D eigenvalue weighted by molar-refractivity contribution is 7.76. The maximum atomic E-state index is 10.5. The lowest BCUT2D eigenvalue weighted by Gasteiger charge is -2.03. The third kappa shape index (κ3) is 2.77. The zero-order valence-electron chi connectivity index (χ0n) is 7.53. The Morgan fingerprint density at radius 3 is 2.79 bits per heavy atom. The van der Waals surface area contributed by atoms with Crippen LogP contribution in [0.4, 0.5) is 4.79 Å². The third-order valence-electron chi connectivity index (χ3n) is 1.53. The van der Waals surface area contributed by atoms with Crippen LogP contribution >= 0.6 is 0 Å². The zero-order chi connectivity index (χ0) is 10.6. The van der Waals surface area contributed by atoms with Crippen LogP contribution in [-0.4, -0.2) is 18.3 Å². The van der Waals surface area contributed by atoms with E-state index in [4.69, 9.17) is 10.1 Å². The van der Waals surface area contributed by atoms with Crippen LogP contribution in [-0.2, 0) is 17.4 Å². The minimum Gasteiger partial charge on any atom is -0.497 e. The number of nitrogens with one attached hydrogen (secondary N) is 1. The van der Waals surface area contributed by atoms with Gasteiger partial charge < -0.3 is 9.47 Å². The van der Waals surface area contributed by atoms with Gasteiger partial charge in [0.05, 0.1) is 19.7 Å². The van der Waals surface area contributed by atoms with E-state index in [1.807, 2.05) is 0 Å². The summed E-state index contributed by atoms with van der Waals surface area (Å²) in [4.78, 5) is 10.5. The molecule has 4 nitrogen and oxygen atoms in total. The molecule has 0 aliphatic heterocycles. The number of ether oxygens (including phenoxy) is 2. The Kier molecular flexibility index (Phi) is 3.53. The van der Waals surface area contributed by atoms with Crippen molar-refractivity contribution < 1.29 is 14.3 Å². The molecular weight excluding hydrogens is 202 g/mol. The molecule has 1 aromatic rings. The lowest BCUT2D eigenvalue weighted by Crippen LogP contribution is -2.08. The van der Waals surface area contributed by atoms with Crippen molar-refractivity contribution in [3.05, 3.63) is 29.8 Å². The van der Waals surface area contributed by atoms with Crippen molar-refractivity contribution in [2.75, 3.05) is 7.11 Å². The summed E-state index contributed by atoms with van der Waals surface area (Å²) in [6.07, 6.45) is 0. The molecule has 0 atom stereocenters. The quantitative estimate of drug-likeness (QED) is 0.346. The van der Waals surface area contributed by atoms with E-state index in [9.17, 15) is 4.79 Å². The first-order valence-electron chi connectivity index (χ1n) is 3.80. The van der Waals surface area contributed by atoms with Gasteiger partial charge in [0.1, 0.15) is 5.75 Å². The predicted octanol–water partition coefficient (Wildman–Crippen LogP) is 1.17. The predicted molar refractivity (Wildman–Crippen MR) is 56.5 cm³/mol. The van der Waals surface area contributed by atoms with Crippen molar-refractivity contribution in [3.63, 3.8) is 0 Å². The number of methoxy groups -OCH3 is 1. The fourth-order valence-electron chi connectivity index (χ4n) is 0.916. The number of hydrogen-bond acceptors (Lipinski definition) is 4. The van der Waals surface area contributed by atoms with Crippen molar-refractivity contribution in [2.24, 2.45) is 0 Å². The molecule has 1 rings (SSSR count). The van der Waals surface area contributed by atoms with Crippen molar-refractivity contribution in [2.45, 2.75) is 0 Å². The summed E-state index contributed by atoms with van der Waals surface area (Å²) >= 11 is 2.62. The van der Waals surface area contributed by atoms with E-state index in [0.717, 1.165) is 0 Å². The molecular formula is C9H10NO3S+. The monoisotopic (exact) mass is 212 g/mol. The summed E-state index contributed by atoms with van der Waals surface area (Å²) in [6.45, 7) is 0. The van der Waals surface area contributed by atoms with Crippen molar-refractivity contribution in [1.82, 2.24) is 0 Å². The molecule has 0 heterocycles. The average molecular weight is 212 g/mol. The molecule has 0 bridgehead atoms. The molecule has 0 radical (unpaired) electrons. The Morgan fingerprint density at radius 1 is 1.50 bits per heavy atom. The molecule has 0 saturated heterocycles. The maximum Gasteiger partial charge on any atom is 0.527 e. The second-order valence-electron chi connectivity index (χ2n) is 2.45. The minimum atomic E-state index is -0.696. The van der Waals surface area contributed by atoms with Crippen molar-refractivity contribution in [1.29, 1.82) is 5.41 Å². The Morgan fingerprint density at radius 2 is 2.21 bits per heavy atom. The SMILES string of the molecule is COc1cccc(C(=N)OC(=O)[SH2+])c1. The van der Waals surface area contributed by atoms with Gasteiger partial charge in [0.15, 0.2) is 0 Å². The topological polar surface area (TPSA) is 59.4 Å². The average Bonchev–Trinajstić information content (AvgIpc) is 2.17. The van der Waals surface area contributed by atoms with Crippen LogP contribution in [0.5, 0.6) is 5.75 Å². The van der Waals surface area contributed by atoms with Crippen LogP contribution in [0.15, 0.2) is 24.3 Å². The van der Waals surface area contributed by atoms with Crippen LogP contribution in [0.2, 0.25) is 0 Å². The van der Waals surface area contributed by atoms with E-state index in [0.29, 0.717) is 11.3 Å². The van der Waals surface area contributed by atoms with Gasteiger partial charge in [-0.25, -0.2) is 0 Å². The van der Waals surface area contributed by atoms with E-state index in [1.54, 1.807) is 24.3 Å². The van der Waals surface area contributed by atoms with Crippen LogP contribution in [0.1, 0.15) is 5.56 Å². The van der Waals surface area contributed by atoms with Crippen LogP contribution in [0.25, 0.3) is 0 Å². The van der Waals surface area contributed by atoms with Crippen LogP contribution < -0.4 is 4.74 Å². The van der Waals surface area contributed by atoms with E-state index < -0.39 is 5.30 Å². The number of rotatable bonds is 2. The minimum absolute atomic E-state index is 0.219. The molecule has 0 aliphatic rings. The highest BCUT2D eigenvalue weighted by Crippen LogP contribution is 2.13. The van der Waals surface area contributed by atoms with Gasteiger partial charge in [-0.15, -0.1) is 0 Å². The summed E-state index contributed by atoms with van der Waals surface area (Å²) in [6, 6.07) is 6.72. The van der Waals surface area contributed by atoms with Gasteiger partial charge >= 0.3 is 5.30 Å². The van der Waals surface area contributed by atoms with E-state index in [1.165, 1.54) is 7.11 Å². The zero-order valence-corrected chi connectivity index (χ0v) is 8.53. The normalized spacial score (nSPS) is 9.29. The second kappa shape index (κ2) is 4.66. The Balaban J connectivity index is 2.84. The van der Waals surface area contributed by atoms with Gasteiger partial charge in [-0.2, -0.15) is 4.79 Å². The molecule has 0 spiro atoms. The molecule has 0 amide bonds. The molecule has 1 aromatic carbocycles. The van der Waals surface area contributed by atoms with Gasteiger partial charge in [-0.05, 0) is 18.2 Å². The summed E-state index contributed by atoms with van der Waals surface area (Å²) < 4.78 is 9.50. The van der Waals surface area contributed by atoms with Gasteiger partial charge in [-0.1, -0.05) is 6.07 Å². The molecule has 5 heteroatoms. The van der Waals surface area contributed by atoms with Crippen molar-refractivity contribution in [3.8, 4) is 5.75 Å². The summed E-state index contributed by atoms with van der Waals surface area (Å²) in [5, 5.41) is 6.71. The summed E-state index contributed by atoms with van der Waals surface area (Å²) in [7, 11) is 1.53. The fourth-order valence-corrected chi connectivity index (χ4v) is 1.02. The van der Waals surface area contributed by atoms with Gasteiger partial charge in [0.2, 0.25) is 5.90 Å². The molecule has 14 heavy (non-hydrogen) atoms. The number of hydrogen-bond donors (Lipinski definition) is 1. The maximum absolute atomic E-state index is 10.5. The summed E-state index contributed by atoms with van der Waals surface area (Å²) in [5.74, 6) is 0.390. The fraction of sp³-hybridized carbons (Fsp3) is 0.111. The first-order chi connectivity index (χ1) is 6.63. The molecule has 0 saturated carbocycles. The second-order valence-corrected chi connectivity index (χ2v) is 2.86. The molecule has 0 fully saturated rings. The Hall–Kier alpha value is -1.49. The third-order valence-corrected chi connectivity index (χ3v) is 1.63. The highest BCUT2D eigenvalue weighted by atomic mass is 32.1. The molecule has 74 valence electrons. The van der Waals surface area contributed by atoms with Crippen LogP contribution in [0, 0.1) is 5.41 Å². The van der Waals surface area contributed by atoms with E-state index >= 15 is 0 Å². The Labute approximate surface area is 86.8 Å². The highest BCUT2D eigenvalue weighted by Gasteiger charge is 2.09. The molecule has 0 unspecified atom stereocenters. The van der Waals surface area contributed by atoms with E-state index in [-0.39, 0.29) is 5.90 Å². The first-order valence-corrected chi connectivity index (χ1v) is 4.30. The van der Waals surface area contributed by atoms with Gasteiger partial charge in [0.25, 0.3) is 0 Å². The lowest BCUT2D eigenvalue weighted by molar-refractivity contribution is 0.224. The van der Waals surface area contributed by atoms with Crippen LogP contribution in [0.3, 0.4) is 0 Å². The van der Waals surface area contributed by atoms with Gasteiger partial charge in [0, 0.05) is 5.56 Å². The van der Waals surface area contributed by atoms with Gasteiger partial charge in [-0.3, -0.25) is 5.41 Å². The summed E-state index contributed by atoms with van der Waals surface area (Å²) in [5.41, 5.74) is 0.482. The first kappa shape index (κ1) is 10.6. The molecule has 1 N–H and O–H groups in total. The number of benzene rings is 1. The largest absolute Gasteiger partial charge is 0.527 e. The smallest absolute Gasteiger partial charge is 0.497 e. The van der Waals surface area contributed by atoms with E-state index in [2.05, 4.69) is 17.4 Å². The Bertz CT molecular complexity index is 365. The lowest BCUT2D eigenvalue weighted by atomic mass is 10.2. The molecule has 0 aromatic heterocycles. The standard InChI is InChI=1S/C9H9NO3S/c1-12-7-4-2-3-6(5-7)8(10)13-9(11)14/h2-5,10H,1H3,(H,11,14)/p+1. The van der Waals surface area contributed by atoms with Crippen molar-refractivity contribution >= 4 is 23.8 Å². The number of carbonyl (C=O) groups is 1. The number of carbonyl (C=O) groups excluding carboxylic acids is 1.